The second kappa shape index (κ2) is 8.15. The molecule has 2 N–H and O–H groups in total. The fourth-order valence-corrected chi connectivity index (χ4v) is 3.16. The molecule has 2 aromatic heterocycles. The number of hydrogen-bond acceptors (Lipinski definition) is 5. The van der Waals surface area contributed by atoms with Crippen LogP contribution < -0.4 is 5.32 Å². The summed E-state index contributed by atoms with van der Waals surface area (Å²) in [5.74, 6) is 1.35. The molecular weight excluding hydrogens is 348 g/mol. The van der Waals surface area contributed by atoms with Crippen molar-refractivity contribution in [3.05, 3.63) is 84.7 Å². The third kappa shape index (κ3) is 4.00. The predicted octanol–water partition coefficient (Wildman–Crippen LogP) is 4.10. The summed E-state index contributed by atoms with van der Waals surface area (Å²) in [4.78, 5) is 13.5. The Morgan fingerprint density at radius 3 is 2.39 bits per heavy atom. The van der Waals surface area contributed by atoms with Gasteiger partial charge in [0.2, 0.25) is 0 Å². The molecule has 4 aromatic rings. The molecule has 5 nitrogen and oxygen atoms in total. The highest BCUT2D eigenvalue weighted by atomic mass is 16.3. The van der Waals surface area contributed by atoms with Gasteiger partial charge in [0.05, 0.1) is 17.7 Å². The molecule has 0 amide bonds. The van der Waals surface area contributed by atoms with Gasteiger partial charge in [0, 0.05) is 29.8 Å². The minimum Gasteiger partial charge on any atom is -0.391 e. The Morgan fingerprint density at radius 1 is 0.893 bits per heavy atom. The third-order valence-corrected chi connectivity index (χ3v) is 4.77. The molecule has 0 spiro atoms. The van der Waals surface area contributed by atoms with Crippen LogP contribution in [0, 0.1) is 0 Å². The number of nitrogens with zero attached hydrogens (tertiary/aromatic N) is 3. The van der Waals surface area contributed by atoms with Crippen LogP contribution in [0.2, 0.25) is 0 Å². The quantitative estimate of drug-likeness (QED) is 0.535. The van der Waals surface area contributed by atoms with Crippen molar-refractivity contribution in [3.63, 3.8) is 0 Å². The third-order valence-electron chi connectivity index (χ3n) is 4.77. The average molecular weight is 370 g/mol. The molecule has 0 aliphatic heterocycles. The number of pyridine rings is 1. The highest BCUT2D eigenvalue weighted by molar-refractivity contribution is 5.90. The highest BCUT2D eigenvalue weighted by Crippen LogP contribution is 2.25. The van der Waals surface area contributed by atoms with Gasteiger partial charge in [-0.2, -0.15) is 0 Å². The van der Waals surface area contributed by atoms with E-state index in [9.17, 15) is 5.11 Å². The zero-order valence-electron chi connectivity index (χ0n) is 15.7. The summed E-state index contributed by atoms with van der Waals surface area (Å²) in [6.45, 7) is 1.97. The van der Waals surface area contributed by atoms with Crippen molar-refractivity contribution in [1.82, 2.24) is 15.0 Å². The number of benzene rings is 2. The first-order chi connectivity index (χ1) is 13.7. The maximum atomic E-state index is 10.7. The van der Waals surface area contributed by atoms with Crippen LogP contribution in [-0.4, -0.2) is 32.2 Å². The first-order valence-electron chi connectivity index (χ1n) is 9.36. The summed E-state index contributed by atoms with van der Waals surface area (Å²) in [5.41, 5.74) is 2.87. The molecule has 140 valence electrons. The summed E-state index contributed by atoms with van der Waals surface area (Å²) >= 11 is 0. The standard InChI is InChI=1S/C23H22N4O/c1-16(21(28)15-17-7-3-2-4-8-17)25-23-19-9-5-6-10-20(19)26-22(27-23)18-11-13-24-14-12-18/h2-14,16,21,28H,15H2,1H3,(H,25,26,27). The normalized spacial score (nSPS) is 13.2. The van der Waals surface area contributed by atoms with E-state index in [1.54, 1.807) is 12.4 Å². The number of nitrogens with one attached hydrogen (secondary N) is 1. The minimum atomic E-state index is -0.541. The van der Waals surface area contributed by atoms with Gasteiger partial charge < -0.3 is 10.4 Å². The van der Waals surface area contributed by atoms with Crippen molar-refractivity contribution < 1.29 is 5.11 Å². The van der Waals surface area contributed by atoms with Gasteiger partial charge in [0.1, 0.15) is 5.82 Å². The van der Waals surface area contributed by atoms with Crippen molar-refractivity contribution in [2.24, 2.45) is 0 Å². The monoisotopic (exact) mass is 370 g/mol. The van der Waals surface area contributed by atoms with Crippen LogP contribution in [0.3, 0.4) is 0 Å². The minimum absolute atomic E-state index is 0.177. The highest BCUT2D eigenvalue weighted by Gasteiger charge is 2.17. The Balaban J connectivity index is 1.63. The molecule has 28 heavy (non-hydrogen) atoms. The molecule has 2 unspecified atom stereocenters. The van der Waals surface area contributed by atoms with Crippen molar-refractivity contribution in [2.45, 2.75) is 25.5 Å². The summed E-state index contributed by atoms with van der Waals surface area (Å²) in [7, 11) is 0. The van der Waals surface area contributed by atoms with E-state index in [-0.39, 0.29) is 6.04 Å². The van der Waals surface area contributed by atoms with Crippen molar-refractivity contribution in [3.8, 4) is 11.4 Å². The molecule has 5 heteroatoms. The van der Waals surface area contributed by atoms with E-state index < -0.39 is 6.10 Å². The summed E-state index contributed by atoms with van der Waals surface area (Å²) in [6, 6.07) is 21.5. The summed E-state index contributed by atoms with van der Waals surface area (Å²) in [5, 5.41) is 15.0. The van der Waals surface area contributed by atoms with Crippen molar-refractivity contribution >= 4 is 16.7 Å². The molecule has 4 rings (SSSR count). The second-order valence-corrected chi connectivity index (χ2v) is 6.84. The maximum Gasteiger partial charge on any atom is 0.162 e. The van der Waals surface area contributed by atoms with Crippen molar-refractivity contribution in [2.75, 3.05) is 5.32 Å². The fraction of sp³-hybridized carbons (Fsp3) is 0.174. The van der Waals surface area contributed by atoms with E-state index in [4.69, 9.17) is 4.98 Å². The molecular formula is C23H22N4O. The van der Waals surface area contributed by atoms with Gasteiger partial charge in [-0.25, -0.2) is 9.97 Å². The Bertz CT molecular complexity index is 1050. The van der Waals surface area contributed by atoms with Gasteiger partial charge in [-0.05, 0) is 36.8 Å². The van der Waals surface area contributed by atoms with Gasteiger partial charge >= 0.3 is 0 Å². The second-order valence-electron chi connectivity index (χ2n) is 6.84. The molecule has 0 bridgehead atoms. The van der Waals surface area contributed by atoms with Crippen molar-refractivity contribution in [1.29, 1.82) is 0 Å². The maximum absolute atomic E-state index is 10.7. The van der Waals surface area contributed by atoms with Gasteiger partial charge in [-0.15, -0.1) is 0 Å². The van der Waals surface area contributed by atoms with E-state index in [2.05, 4.69) is 15.3 Å². The lowest BCUT2D eigenvalue weighted by atomic mass is 10.0. The molecule has 2 atom stereocenters. The molecule has 0 fully saturated rings. The van der Waals surface area contributed by atoms with E-state index >= 15 is 0 Å². The first-order valence-corrected chi connectivity index (χ1v) is 9.36. The molecule has 0 saturated carbocycles. The van der Waals surface area contributed by atoms with Crippen LogP contribution in [0.15, 0.2) is 79.1 Å². The molecule has 2 aromatic carbocycles. The fourth-order valence-electron chi connectivity index (χ4n) is 3.16. The summed E-state index contributed by atoms with van der Waals surface area (Å²) < 4.78 is 0. The molecule has 2 heterocycles. The predicted molar refractivity (Wildman–Crippen MR) is 112 cm³/mol. The van der Waals surface area contributed by atoms with E-state index in [0.29, 0.717) is 12.2 Å². The molecule has 0 saturated heterocycles. The van der Waals surface area contributed by atoms with Crippen LogP contribution in [0.4, 0.5) is 5.82 Å². The van der Waals surface area contributed by atoms with Crippen LogP contribution in [-0.2, 0) is 6.42 Å². The number of anilines is 1. The first kappa shape index (κ1) is 18.1. The average Bonchev–Trinajstić information content (AvgIpc) is 2.75. The largest absolute Gasteiger partial charge is 0.391 e. The number of para-hydroxylation sites is 1. The Kier molecular flexibility index (Phi) is 5.26. The lowest BCUT2D eigenvalue weighted by Gasteiger charge is -2.22. The van der Waals surface area contributed by atoms with Gasteiger partial charge in [-0.3, -0.25) is 4.98 Å². The van der Waals surface area contributed by atoms with Crippen LogP contribution in [0.1, 0.15) is 12.5 Å². The van der Waals surface area contributed by atoms with E-state index in [1.807, 2.05) is 73.7 Å². The van der Waals surface area contributed by atoms with Crippen LogP contribution in [0.25, 0.3) is 22.3 Å². The number of aliphatic hydroxyl groups excluding tert-OH is 1. The molecule has 0 radical (unpaired) electrons. The SMILES string of the molecule is CC(Nc1nc(-c2ccncc2)nc2ccccc12)C(O)Cc1ccccc1. The van der Waals surface area contributed by atoms with E-state index in [0.717, 1.165) is 27.8 Å². The zero-order valence-corrected chi connectivity index (χ0v) is 15.7. The van der Waals surface area contributed by atoms with E-state index in [1.165, 1.54) is 0 Å². The van der Waals surface area contributed by atoms with Gasteiger partial charge in [-0.1, -0.05) is 42.5 Å². The Labute approximate surface area is 164 Å². The molecule has 0 aliphatic carbocycles. The Morgan fingerprint density at radius 2 is 1.61 bits per heavy atom. The Hall–Kier alpha value is -3.31. The zero-order chi connectivity index (χ0) is 19.3. The van der Waals surface area contributed by atoms with Crippen LogP contribution >= 0.6 is 0 Å². The number of aliphatic hydroxyl groups is 1. The van der Waals surface area contributed by atoms with Gasteiger partial charge in [0.15, 0.2) is 5.82 Å². The smallest absolute Gasteiger partial charge is 0.162 e. The van der Waals surface area contributed by atoms with Crippen LogP contribution in [0.5, 0.6) is 0 Å². The number of rotatable bonds is 6. The summed E-state index contributed by atoms with van der Waals surface area (Å²) in [6.07, 6.45) is 3.50. The number of hydrogen-bond donors (Lipinski definition) is 2. The number of aromatic nitrogens is 3. The number of fused-ring (bicyclic) bond motifs is 1. The van der Waals surface area contributed by atoms with Gasteiger partial charge in [0.25, 0.3) is 0 Å². The molecule has 0 aliphatic rings. The lowest BCUT2D eigenvalue weighted by Crippen LogP contribution is -2.32. The lowest BCUT2D eigenvalue weighted by molar-refractivity contribution is 0.158. The topological polar surface area (TPSA) is 70.9 Å².